The van der Waals surface area contributed by atoms with Gasteiger partial charge in [0.05, 0.1) is 38.3 Å². The summed E-state index contributed by atoms with van der Waals surface area (Å²) in [7, 11) is -5.45. The van der Waals surface area contributed by atoms with E-state index in [-0.39, 0.29) is 27.3 Å². The summed E-state index contributed by atoms with van der Waals surface area (Å²) in [5.74, 6) is -0.371. The number of H-pyrrole nitrogens is 1. The number of hydrogen-bond acceptors (Lipinski definition) is 5. The highest BCUT2D eigenvalue weighted by molar-refractivity contribution is 7.90. The van der Waals surface area contributed by atoms with Crippen molar-refractivity contribution in [2.75, 3.05) is 24.3 Å². The van der Waals surface area contributed by atoms with Gasteiger partial charge in [-0.1, -0.05) is 50.0 Å². The predicted octanol–water partition coefficient (Wildman–Crippen LogP) is 5.94. The molecule has 0 saturated heterocycles. The normalized spacial score (nSPS) is 12.8. The van der Waals surface area contributed by atoms with Crippen LogP contribution in [0.15, 0.2) is 41.3 Å². The summed E-state index contributed by atoms with van der Waals surface area (Å²) in [6.07, 6.45) is 1.12. The van der Waals surface area contributed by atoms with Crippen LogP contribution in [0.1, 0.15) is 31.4 Å². The zero-order valence-corrected chi connectivity index (χ0v) is 23.4. The second-order valence-corrected chi connectivity index (χ2v) is 17.3. The van der Waals surface area contributed by atoms with Crippen LogP contribution in [-0.4, -0.2) is 52.0 Å². The van der Waals surface area contributed by atoms with Gasteiger partial charge in [0.15, 0.2) is 24.0 Å². The number of anilines is 1. The van der Waals surface area contributed by atoms with E-state index < -0.39 is 24.1 Å². The third kappa shape index (κ3) is 5.66. The second kappa shape index (κ2) is 9.62. The number of imidazole rings is 1. The molecular formula is C23H29Cl2N3O4SSi. The molecule has 11 heteroatoms. The minimum absolute atomic E-state index is 0.0194. The van der Waals surface area contributed by atoms with E-state index in [0.29, 0.717) is 28.4 Å². The Hall–Kier alpha value is -1.91. The highest BCUT2D eigenvalue weighted by atomic mass is 35.5. The first-order valence-electron chi connectivity index (χ1n) is 10.7. The fourth-order valence-corrected chi connectivity index (χ4v) is 5.16. The number of amides is 1. The lowest BCUT2D eigenvalue weighted by Crippen LogP contribution is -2.43. The standard InChI is InChI=1S/C23H29Cl2N3O4SSi/c1-23(2,3)34(5,6)32-13-12-28(19-9-7-8-16(24)20(19)25)22(29)21-26-17-11-10-15(33(4,30)31)14-18(17)27-21/h7-11,14H,12-13H2,1-6H3,(H,26,27). The Kier molecular flexibility index (Phi) is 7.55. The van der Waals surface area contributed by atoms with Crippen LogP contribution in [0.25, 0.3) is 11.0 Å². The summed E-state index contributed by atoms with van der Waals surface area (Å²) in [4.78, 5) is 22.5. The van der Waals surface area contributed by atoms with Crippen molar-refractivity contribution in [3.63, 3.8) is 0 Å². The van der Waals surface area contributed by atoms with Crippen LogP contribution in [0, 0.1) is 0 Å². The Bertz CT molecular complexity index is 1330. The molecule has 0 spiro atoms. The molecule has 0 atom stereocenters. The van der Waals surface area contributed by atoms with Gasteiger partial charge in [-0.25, -0.2) is 13.4 Å². The molecule has 3 aromatic rings. The van der Waals surface area contributed by atoms with Gasteiger partial charge in [-0.05, 0) is 48.5 Å². The molecule has 0 aliphatic carbocycles. The molecule has 34 heavy (non-hydrogen) atoms. The van der Waals surface area contributed by atoms with Crippen LogP contribution < -0.4 is 4.90 Å². The smallest absolute Gasteiger partial charge is 0.294 e. The number of rotatable bonds is 7. The molecule has 0 aliphatic heterocycles. The van der Waals surface area contributed by atoms with Gasteiger partial charge in [-0.15, -0.1) is 0 Å². The monoisotopic (exact) mass is 541 g/mol. The first kappa shape index (κ1) is 26.7. The first-order valence-corrected chi connectivity index (χ1v) is 16.3. The Balaban J connectivity index is 1.97. The molecule has 1 heterocycles. The van der Waals surface area contributed by atoms with Crippen molar-refractivity contribution >= 4 is 64.0 Å². The first-order chi connectivity index (χ1) is 15.6. The number of hydrogen-bond donors (Lipinski definition) is 1. The number of nitrogens with one attached hydrogen (secondary N) is 1. The van der Waals surface area contributed by atoms with E-state index in [1.54, 1.807) is 24.3 Å². The van der Waals surface area contributed by atoms with Crippen LogP contribution >= 0.6 is 23.2 Å². The highest BCUT2D eigenvalue weighted by Gasteiger charge is 2.37. The number of carbonyl (C=O) groups excluding carboxylic acids is 1. The van der Waals surface area contributed by atoms with Crippen LogP contribution in [-0.2, 0) is 14.3 Å². The Labute approximate surface area is 211 Å². The van der Waals surface area contributed by atoms with Crippen molar-refractivity contribution in [3.05, 3.63) is 52.3 Å². The topological polar surface area (TPSA) is 92.4 Å². The summed E-state index contributed by atoms with van der Waals surface area (Å²) >= 11 is 12.7. The van der Waals surface area contributed by atoms with E-state index in [4.69, 9.17) is 27.6 Å². The Morgan fingerprint density at radius 3 is 2.47 bits per heavy atom. The SMILES string of the molecule is CC(C)(C)[Si](C)(C)OCCN(C(=O)c1nc2cc(S(C)(=O)=O)ccc2[nH]1)c1cccc(Cl)c1Cl. The van der Waals surface area contributed by atoms with Gasteiger partial charge in [-0.3, -0.25) is 4.79 Å². The van der Waals surface area contributed by atoms with Crippen molar-refractivity contribution in [2.24, 2.45) is 0 Å². The van der Waals surface area contributed by atoms with Crippen molar-refractivity contribution in [1.29, 1.82) is 0 Å². The van der Waals surface area contributed by atoms with E-state index >= 15 is 0 Å². The molecule has 7 nitrogen and oxygen atoms in total. The predicted molar refractivity (Wildman–Crippen MR) is 140 cm³/mol. The fourth-order valence-electron chi connectivity index (χ4n) is 3.09. The lowest BCUT2D eigenvalue weighted by molar-refractivity contribution is 0.0973. The molecule has 3 rings (SSSR count). The summed E-state index contributed by atoms with van der Waals surface area (Å²) in [6.45, 7) is 11.3. The van der Waals surface area contributed by atoms with Gasteiger partial charge < -0.3 is 14.3 Å². The Morgan fingerprint density at radius 2 is 1.85 bits per heavy atom. The molecule has 0 aliphatic rings. The molecule has 0 unspecified atom stereocenters. The van der Waals surface area contributed by atoms with E-state index in [9.17, 15) is 13.2 Å². The minimum Gasteiger partial charge on any atom is -0.415 e. The average molecular weight is 543 g/mol. The van der Waals surface area contributed by atoms with Crippen LogP contribution in [0.3, 0.4) is 0 Å². The highest BCUT2D eigenvalue weighted by Crippen LogP contribution is 2.37. The number of benzene rings is 2. The molecule has 0 radical (unpaired) electrons. The largest absolute Gasteiger partial charge is 0.415 e. The van der Waals surface area contributed by atoms with Crippen LogP contribution in [0.5, 0.6) is 0 Å². The number of sulfone groups is 1. The number of aromatic nitrogens is 2. The van der Waals surface area contributed by atoms with Crippen molar-refractivity contribution < 1.29 is 17.6 Å². The average Bonchev–Trinajstić information content (AvgIpc) is 3.15. The summed E-state index contributed by atoms with van der Waals surface area (Å²) < 4.78 is 30.1. The number of halogens is 2. The molecule has 1 N–H and O–H groups in total. The summed E-state index contributed by atoms with van der Waals surface area (Å²) in [6, 6.07) is 9.58. The molecule has 0 saturated carbocycles. The maximum absolute atomic E-state index is 13.6. The maximum Gasteiger partial charge on any atom is 0.294 e. The third-order valence-corrected chi connectivity index (χ3v) is 12.6. The minimum atomic E-state index is -3.41. The molecule has 0 bridgehead atoms. The lowest BCUT2D eigenvalue weighted by Gasteiger charge is -2.36. The molecule has 1 aromatic heterocycles. The van der Waals surface area contributed by atoms with Crippen LogP contribution in [0.4, 0.5) is 5.69 Å². The summed E-state index contributed by atoms with van der Waals surface area (Å²) in [5, 5.41) is 0.594. The van der Waals surface area contributed by atoms with Gasteiger partial charge in [0.2, 0.25) is 0 Å². The van der Waals surface area contributed by atoms with Gasteiger partial charge in [-0.2, -0.15) is 0 Å². The van der Waals surface area contributed by atoms with Crippen molar-refractivity contribution in [2.45, 2.75) is 43.8 Å². The van der Waals surface area contributed by atoms with Crippen molar-refractivity contribution in [1.82, 2.24) is 9.97 Å². The van der Waals surface area contributed by atoms with Gasteiger partial charge in [0.25, 0.3) is 5.91 Å². The maximum atomic E-state index is 13.6. The Morgan fingerprint density at radius 1 is 1.18 bits per heavy atom. The molecule has 1 amide bonds. The van der Waals surface area contributed by atoms with E-state index in [1.807, 2.05) is 0 Å². The number of fused-ring (bicyclic) bond motifs is 1. The summed E-state index contributed by atoms with van der Waals surface area (Å²) in [5.41, 5.74) is 1.36. The second-order valence-electron chi connectivity index (χ2n) is 9.68. The van der Waals surface area contributed by atoms with Gasteiger partial charge in [0, 0.05) is 12.8 Å². The van der Waals surface area contributed by atoms with Crippen LogP contribution in [0.2, 0.25) is 28.2 Å². The van der Waals surface area contributed by atoms with Crippen molar-refractivity contribution in [3.8, 4) is 0 Å². The van der Waals surface area contributed by atoms with E-state index in [0.717, 1.165) is 6.26 Å². The van der Waals surface area contributed by atoms with E-state index in [1.165, 1.54) is 17.0 Å². The number of nitrogens with zero attached hydrogens (tertiary/aromatic N) is 2. The van der Waals surface area contributed by atoms with E-state index in [2.05, 4.69) is 43.8 Å². The molecular weight excluding hydrogens is 513 g/mol. The quantitative estimate of drug-likeness (QED) is 0.373. The fraction of sp³-hybridized carbons (Fsp3) is 0.391. The third-order valence-electron chi connectivity index (χ3n) is 6.14. The van der Waals surface area contributed by atoms with Gasteiger partial charge in [0.1, 0.15) is 0 Å². The zero-order chi connectivity index (χ0) is 25.5. The number of aromatic amines is 1. The lowest BCUT2D eigenvalue weighted by atomic mass is 10.2. The molecule has 184 valence electrons. The zero-order valence-electron chi connectivity index (χ0n) is 20.1. The molecule has 2 aromatic carbocycles. The number of carbonyl (C=O) groups is 1. The molecule has 0 fully saturated rings. The van der Waals surface area contributed by atoms with Gasteiger partial charge >= 0.3 is 0 Å².